The summed E-state index contributed by atoms with van der Waals surface area (Å²) in [4.78, 5) is 28.1. The standard InChI is InChI=1S/C26H23ClN2O3/c1-3-32-22-11-7-6-10-21(22)28-24-23(18-14-12-17(2)13-15-18)25(30)29(26(24)31)16-19-8-4-5-9-20(19)27/h4-15,28H,3,16H2,1-2H3. The molecule has 1 heterocycles. The van der Waals surface area contributed by atoms with E-state index in [1.807, 2.05) is 80.6 Å². The first-order valence-corrected chi connectivity index (χ1v) is 10.8. The number of halogens is 1. The second-order valence-corrected chi connectivity index (χ2v) is 7.87. The monoisotopic (exact) mass is 446 g/mol. The minimum Gasteiger partial charge on any atom is -0.492 e. The minimum atomic E-state index is -0.406. The number of carbonyl (C=O) groups excluding carboxylic acids is 2. The molecule has 162 valence electrons. The van der Waals surface area contributed by atoms with E-state index in [2.05, 4.69) is 5.32 Å². The summed E-state index contributed by atoms with van der Waals surface area (Å²) in [6.45, 7) is 4.43. The summed E-state index contributed by atoms with van der Waals surface area (Å²) in [7, 11) is 0. The van der Waals surface area contributed by atoms with Gasteiger partial charge in [0.25, 0.3) is 11.8 Å². The molecule has 0 bridgehead atoms. The van der Waals surface area contributed by atoms with Gasteiger partial charge in [0.15, 0.2) is 0 Å². The summed E-state index contributed by atoms with van der Waals surface area (Å²) < 4.78 is 5.69. The molecule has 2 amide bonds. The van der Waals surface area contributed by atoms with E-state index >= 15 is 0 Å². The van der Waals surface area contributed by atoms with E-state index in [0.717, 1.165) is 5.56 Å². The summed E-state index contributed by atoms with van der Waals surface area (Å²) >= 11 is 6.30. The van der Waals surface area contributed by atoms with Crippen molar-refractivity contribution >= 4 is 34.7 Å². The van der Waals surface area contributed by atoms with Crippen LogP contribution in [0, 0.1) is 6.92 Å². The number of nitrogens with one attached hydrogen (secondary N) is 1. The average Bonchev–Trinajstić information content (AvgIpc) is 3.01. The Kier molecular flexibility index (Phi) is 6.28. The Morgan fingerprint density at radius 3 is 2.31 bits per heavy atom. The summed E-state index contributed by atoms with van der Waals surface area (Å²) in [5.74, 6) is -0.164. The highest BCUT2D eigenvalue weighted by molar-refractivity contribution is 6.36. The highest BCUT2D eigenvalue weighted by Gasteiger charge is 2.39. The van der Waals surface area contributed by atoms with Gasteiger partial charge in [0.1, 0.15) is 11.4 Å². The second-order valence-electron chi connectivity index (χ2n) is 7.46. The molecule has 6 heteroatoms. The maximum atomic E-state index is 13.5. The number of hydrogen-bond donors (Lipinski definition) is 1. The van der Waals surface area contributed by atoms with Gasteiger partial charge in [-0.25, -0.2) is 0 Å². The summed E-state index contributed by atoms with van der Waals surface area (Å²) in [5.41, 5.74) is 3.61. The number of ether oxygens (including phenoxy) is 1. The van der Waals surface area contributed by atoms with Gasteiger partial charge < -0.3 is 10.1 Å². The van der Waals surface area contributed by atoms with Crippen LogP contribution in [-0.2, 0) is 16.1 Å². The predicted molar refractivity (Wildman–Crippen MR) is 126 cm³/mol. The number of carbonyl (C=O) groups is 2. The molecule has 0 fully saturated rings. The van der Waals surface area contributed by atoms with Crippen LogP contribution >= 0.6 is 11.6 Å². The van der Waals surface area contributed by atoms with E-state index in [1.54, 1.807) is 6.07 Å². The first-order chi connectivity index (χ1) is 15.5. The van der Waals surface area contributed by atoms with E-state index in [0.29, 0.717) is 39.8 Å². The van der Waals surface area contributed by atoms with Crippen LogP contribution in [0.25, 0.3) is 5.57 Å². The van der Waals surface area contributed by atoms with Crippen molar-refractivity contribution in [2.24, 2.45) is 0 Å². The highest BCUT2D eigenvalue weighted by atomic mass is 35.5. The predicted octanol–water partition coefficient (Wildman–Crippen LogP) is 5.44. The Bertz CT molecular complexity index is 1200. The lowest BCUT2D eigenvalue weighted by Crippen LogP contribution is -2.32. The molecule has 1 N–H and O–H groups in total. The highest BCUT2D eigenvalue weighted by Crippen LogP contribution is 2.34. The molecule has 0 spiro atoms. The third kappa shape index (κ3) is 4.25. The number of nitrogens with zero attached hydrogens (tertiary/aromatic N) is 1. The number of amides is 2. The Morgan fingerprint density at radius 2 is 1.59 bits per heavy atom. The summed E-state index contributed by atoms with van der Waals surface area (Å²) in [5, 5.41) is 3.69. The van der Waals surface area contributed by atoms with E-state index in [1.165, 1.54) is 4.90 Å². The lowest BCUT2D eigenvalue weighted by atomic mass is 10.0. The quantitative estimate of drug-likeness (QED) is 0.491. The fourth-order valence-corrected chi connectivity index (χ4v) is 3.80. The second kappa shape index (κ2) is 9.28. The van der Waals surface area contributed by atoms with Gasteiger partial charge >= 0.3 is 0 Å². The van der Waals surface area contributed by atoms with Gasteiger partial charge in [-0.1, -0.05) is 71.8 Å². The number of benzene rings is 3. The molecule has 0 aromatic heterocycles. The van der Waals surface area contributed by atoms with Gasteiger partial charge in [-0.2, -0.15) is 0 Å². The van der Waals surface area contributed by atoms with Crippen molar-refractivity contribution < 1.29 is 14.3 Å². The maximum Gasteiger partial charge on any atom is 0.278 e. The molecule has 0 aliphatic carbocycles. The van der Waals surface area contributed by atoms with E-state index in [4.69, 9.17) is 16.3 Å². The van der Waals surface area contributed by atoms with Crippen LogP contribution in [0.4, 0.5) is 5.69 Å². The average molecular weight is 447 g/mol. The first kappa shape index (κ1) is 21.7. The van der Waals surface area contributed by atoms with Crippen LogP contribution in [0.15, 0.2) is 78.5 Å². The third-order valence-corrected chi connectivity index (χ3v) is 5.61. The molecule has 4 rings (SSSR count). The molecule has 3 aromatic carbocycles. The van der Waals surface area contributed by atoms with E-state index < -0.39 is 5.91 Å². The van der Waals surface area contributed by atoms with Gasteiger partial charge in [0.05, 0.1) is 24.4 Å². The lowest BCUT2D eigenvalue weighted by Gasteiger charge is -2.17. The zero-order valence-electron chi connectivity index (χ0n) is 17.9. The van der Waals surface area contributed by atoms with Crippen molar-refractivity contribution in [3.05, 3.63) is 100 Å². The molecule has 5 nitrogen and oxygen atoms in total. The molecule has 1 aliphatic heterocycles. The Labute approximate surface area is 192 Å². The van der Waals surface area contributed by atoms with Crippen molar-refractivity contribution in [2.45, 2.75) is 20.4 Å². The smallest absolute Gasteiger partial charge is 0.278 e. The van der Waals surface area contributed by atoms with Crippen molar-refractivity contribution in [3.63, 3.8) is 0 Å². The molecule has 0 atom stereocenters. The molecule has 32 heavy (non-hydrogen) atoms. The number of para-hydroxylation sites is 2. The van der Waals surface area contributed by atoms with Gasteiger partial charge in [0, 0.05) is 5.02 Å². The molecule has 1 aliphatic rings. The number of rotatable bonds is 7. The van der Waals surface area contributed by atoms with Gasteiger partial charge in [0.2, 0.25) is 0 Å². The molecule has 0 radical (unpaired) electrons. The van der Waals surface area contributed by atoms with Crippen molar-refractivity contribution in [2.75, 3.05) is 11.9 Å². The van der Waals surface area contributed by atoms with Crippen LogP contribution in [0.1, 0.15) is 23.6 Å². The Balaban J connectivity index is 1.76. The SMILES string of the molecule is CCOc1ccccc1NC1=C(c2ccc(C)cc2)C(=O)N(Cc2ccccc2Cl)C1=O. The van der Waals surface area contributed by atoms with Crippen LogP contribution in [0.5, 0.6) is 5.75 Å². The zero-order chi connectivity index (χ0) is 22.7. The normalized spacial score (nSPS) is 13.7. The molecular weight excluding hydrogens is 424 g/mol. The molecule has 3 aromatic rings. The topological polar surface area (TPSA) is 58.6 Å². The number of aryl methyl sites for hydroxylation is 1. The van der Waals surface area contributed by atoms with E-state index in [-0.39, 0.29) is 18.1 Å². The lowest BCUT2D eigenvalue weighted by molar-refractivity contribution is -0.137. The van der Waals surface area contributed by atoms with Crippen molar-refractivity contribution in [3.8, 4) is 5.75 Å². The largest absolute Gasteiger partial charge is 0.492 e. The minimum absolute atomic E-state index is 0.0883. The molecule has 0 saturated carbocycles. The van der Waals surface area contributed by atoms with Crippen molar-refractivity contribution in [1.29, 1.82) is 0 Å². The molecule has 0 unspecified atom stereocenters. The van der Waals surface area contributed by atoms with Crippen molar-refractivity contribution in [1.82, 2.24) is 4.90 Å². The van der Waals surface area contributed by atoms with Crippen LogP contribution < -0.4 is 10.1 Å². The maximum absolute atomic E-state index is 13.5. The van der Waals surface area contributed by atoms with Gasteiger partial charge in [-0.05, 0) is 43.2 Å². The Hall–Kier alpha value is -3.57. The fraction of sp³-hybridized carbons (Fsp3) is 0.154. The fourth-order valence-electron chi connectivity index (χ4n) is 3.61. The molecule has 0 saturated heterocycles. The number of hydrogen-bond acceptors (Lipinski definition) is 4. The van der Waals surface area contributed by atoms with Crippen LogP contribution in [-0.4, -0.2) is 23.3 Å². The number of anilines is 1. The third-order valence-electron chi connectivity index (χ3n) is 5.24. The zero-order valence-corrected chi connectivity index (χ0v) is 18.6. The van der Waals surface area contributed by atoms with Gasteiger partial charge in [-0.3, -0.25) is 14.5 Å². The number of imide groups is 1. The summed E-state index contributed by atoms with van der Waals surface area (Å²) in [6, 6.07) is 22.1. The Morgan fingerprint density at radius 1 is 0.906 bits per heavy atom. The summed E-state index contributed by atoms with van der Waals surface area (Å²) in [6.07, 6.45) is 0. The first-order valence-electron chi connectivity index (χ1n) is 10.4. The van der Waals surface area contributed by atoms with Gasteiger partial charge in [-0.15, -0.1) is 0 Å². The van der Waals surface area contributed by atoms with E-state index in [9.17, 15) is 9.59 Å². The molecular formula is C26H23ClN2O3. The van der Waals surface area contributed by atoms with Crippen LogP contribution in [0.2, 0.25) is 5.02 Å². The van der Waals surface area contributed by atoms with Crippen LogP contribution in [0.3, 0.4) is 0 Å².